The lowest BCUT2D eigenvalue weighted by molar-refractivity contribution is -0.384. The monoisotopic (exact) mass is 296 g/mol. The molecule has 0 amide bonds. The second-order valence-electron chi connectivity index (χ2n) is 4.71. The number of aromatic nitrogens is 1. The first-order valence-electron chi connectivity index (χ1n) is 6.93. The minimum atomic E-state index is -0.352. The molecule has 0 unspecified atom stereocenters. The quantitative estimate of drug-likeness (QED) is 0.665. The third-order valence-corrected chi connectivity index (χ3v) is 4.16. The predicted octanol–water partition coefficient (Wildman–Crippen LogP) is 2.76. The molecule has 110 valence electrons. The van der Waals surface area contributed by atoms with Gasteiger partial charge in [-0.15, -0.1) is 0 Å². The van der Waals surface area contributed by atoms with Gasteiger partial charge in [-0.1, -0.05) is 6.92 Å². The molecule has 20 heavy (non-hydrogen) atoms. The molecular formula is C13H20N4O2S. The highest BCUT2D eigenvalue weighted by molar-refractivity contribution is 7.99. The van der Waals surface area contributed by atoms with Gasteiger partial charge >= 0.3 is 0 Å². The molecule has 6 nitrogen and oxygen atoms in total. The molecule has 7 heteroatoms. The molecule has 1 aliphatic rings. The van der Waals surface area contributed by atoms with E-state index >= 15 is 0 Å². The molecule has 1 saturated heterocycles. The number of nitro groups is 1. The van der Waals surface area contributed by atoms with Gasteiger partial charge in [-0.25, -0.2) is 4.98 Å². The fourth-order valence-corrected chi connectivity index (χ4v) is 2.98. The first kappa shape index (κ1) is 14.9. The van der Waals surface area contributed by atoms with Crippen molar-refractivity contribution < 1.29 is 4.92 Å². The lowest BCUT2D eigenvalue weighted by atomic mass is 10.3. The van der Waals surface area contributed by atoms with Crippen molar-refractivity contribution in [1.82, 2.24) is 4.98 Å². The molecule has 0 radical (unpaired) electrons. The highest BCUT2D eigenvalue weighted by Crippen LogP contribution is 2.25. The Morgan fingerprint density at radius 2 is 2.30 bits per heavy atom. The van der Waals surface area contributed by atoms with Crippen LogP contribution in [-0.2, 0) is 0 Å². The molecule has 2 rings (SSSR count). The highest BCUT2D eigenvalue weighted by Gasteiger charge is 2.17. The van der Waals surface area contributed by atoms with Crippen LogP contribution in [0.3, 0.4) is 0 Å². The Balaban J connectivity index is 2.25. The average molecular weight is 296 g/mol. The zero-order valence-electron chi connectivity index (χ0n) is 11.7. The van der Waals surface area contributed by atoms with E-state index in [0.717, 1.165) is 44.0 Å². The zero-order chi connectivity index (χ0) is 14.4. The van der Waals surface area contributed by atoms with Gasteiger partial charge in [0.15, 0.2) is 0 Å². The Kier molecular flexibility index (Phi) is 5.46. The van der Waals surface area contributed by atoms with Crippen LogP contribution in [0.25, 0.3) is 0 Å². The molecule has 0 atom stereocenters. The summed E-state index contributed by atoms with van der Waals surface area (Å²) in [6, 6.07) is 3.08. The number of thioether (sulfide) groups is 1. The van der Waals surface area contributed by atoms with Gasteiger partial charge in [-0.2, -0.15) is 11.8 Å². The van der Waals surface area contributed by atoms with Crippen molar-refractivity contribution in [3.05, 3.63) is 22.2 Å². The van der Waals surface area contributed by atoms with Crippen LogP contribution in [0.5, 0.6) is 0 Å². The molecule has 0 spiro atoms. The van der Waals surface area contributed by atoms with Gasteiger partial charge in [0.05, 0.1) is 17.1 Å². The molecular weight excluding hydrogens is 276 g/mol. The van der Waals surface area contributed by atoms with Crippen molar-refractivity contribution in [2.75, 3.05) is 41.4 Å². The van der Waals surface area contributed by atoms with Gasteiger partial charge in [-0.05, 0) is 18.6 Å². The van der Waals surface area contributed by atoms with Crippen LogP contribution in [0, 0.1) is 10.1 Å². The average Bonchev–Trinajstić information content (AvgIpc) is 2.73. The topological polar surface area (TPSA) is 71.3 Å². The maximum atomic E-state index is 11.1. The summed E-state index contributed by atoms with van der Waals surface area (Å²) >= 11 is 1.92. The zero-order valence-corrected chi connectivity index (χ0v) is 12.5. The number of rotatable bonds is 5. The SMILES string of the molecule is CCCNc1cc([N+](=O)[O-])cc(N2CCCSCC2)n1. The van der Waals surface area contributed by atoms with E-state index in [1.165, 1.54) is 6.07 Å². The Morgan fingerprint density at radius 3 is 3.05 bits per heavy atom. The normalized spacial score (nSPS) is 15.8. The van der Waals surface area contributed by atoms with E-state index in [4.69, 9.17) is 0 Å². The van der Waals surface area contributed by atoms with Crippen LogP contribution in [0.2, 0.25) is 0 Å². The molecule has 0 aliphatic carbocycles. The Hall–Kier alpha value is -1.50. The third-order valence-electron chi connectivity index (χ3n) is 3.11. The molecule has 1 aliphatic heterocycles. The van der Waals surface area contributed by atoms with Gasteiger partial charge in [0.25, 0.3) is 5.69 Å². The van der Waals surface area contributed by atoms with Crippen molar-refractivity contribution in [1.29, 1.82) is 0 Å². The standard InChI is InChI=1S/C13H20N4O2S/c1-2-4-14-12-9-11(17(18)19)10-13(15-12)16-5-3-7-20-8-6-16/h9-10H,2-8H2,1H3,(H,14,15). The van der Waals surface area contributed by atoms with Crippen molar-refractivity contribution in [2.45, 2.75) is 19.8 Å². The Labute approximate surface area is 123 Å². The fraction of sp³-hybridized carbons (Fsp3) is 0.615. The fourth-order valence-electron chi connectivity index (χ4n) is 2.09. The summed E-state index contributed by atoms with van der Waals surface area (Å²) in [5.41, 5.74) is 0.102. The minimum Gasteiger partial charge on any atom is -0.370 e. The predicted molar refractivity (Wildman–Crippen MR) is 83.8 cm³/mol. The number of hydrogen-bond donors (Lipinski definition) is 1. The lowest BCUT2D eigenvalue weighted by Gasteiger charge is -2.21. The van der Waals surface area contributed by atoms with E-state index in [9.17, 15) is 10.1 Å². The summed E-state index contributed by atoms with van der Waals surface area (Å²) in [7, 11) is 0. The van der Waals surface area contributed by atoms with Gasteiger partial charge in [0, 0.05) is 25.4 Å². The Morgan fingerprint density at radius 1 is 1.45 bits per heavy atom. The van der Waals surface area contributed by atoms with E-state index < -0.39 is 0 Å². The van der Waals surface area contributed by atoms with Crippen LogP contribution in [0.15, 0.2) is 12.1 Å². The molecule has 2 heterocycles. The largest absolute Gasteiger partial charge is 0.370 e. The van der Waals surface area contributed by atoms with Crippen molar-refractivity contribution in [2.24, 2.45) is 0 Å². The van der Waals surface area contributed by atoms with E-state index in [1.54, 1.807) is 6.07 Å². The molecule has 1 aromatic rings. The summed E-state index contributed by atoms with van der Waals surface area (Å²) in [5, 5.41) is 14.2. The first-order chi connectivity index (χ1) is 9.70. The molecule has 0 bridgehead atoms. The van der Waals surface area contributed by atoms with E-state index in [1.807, 2.05) is 11.8 Å². The van der Waals surface area contributed by atoms with Crippen molar-refractivity contribution in [3.8, 4) is 0 Å². The summed E-state index contributed by atoms with van der Waals surface area (Å²) in [5.74, 6) is 3.49. The van der Waals surface area contributed by atoms with E-state index in [0.29, 0.717) is 11.6 Å². The summed E-state index contributed by atoms with van der Waals surface area (Å²) in [6.07, 6.45) is 2.05. The van der Waals surface area contributed by atoms with Gasteiger partial charge < -0.3 is 10.2 Å². The number of nitrogens with zero attached hydrogens (tertiary/aromatic N) is 3. The second kappa shape index (κ2) is 7.33. The van der Waals surface area contributed by atoms with Crippen molar-refractivity contribution in [3.63, 3.8) is 0 Å². The molecule has 0 saturated carbocycles. The van der Waals surface area contributed by atoms with Crippen LogP contribution in [-0.4, -0.2) is 41.0 Å². The lowest BCUT2D eigenvalue weighted by Crippen LogP contribution is -2.26. The molecule has 1 aromatic heterocycles. The van der Waals surface area contributed by atoms with Crippen molar-refractivity contribution >= 4 is 29.1 Å². The van der Waals surface area contributed by atoms with Crippen LogP contribution in [0.4, 0.5) is 17.3 Å². The number of hydrogen-bond acceptors (Lipinski definition) is 6. The second-order valence-corrected chi connectivity index (χ2v) is 5.93. The highest BCUT2D eigenvalue weighted by atomic mass is 32.2. The maximum Gasteiger partial charge on any atom is 0.276 e. The maximum absolute atomic E-state index is 11.1. The van der Waals surface area contributed by atoms with Gasteiger partial charge in [0.2, 0.25) is 0 Å². The number of nitrogens with one attached hydrogen (secondary N) is 1. The number of pyridine rings is 1. The smallest absolute Gasteiger partial charge is 0.276 e. The Bertz CT molecular complexity index is 462. The molecule has 0 aromatic carbocycles. The molecule has 1 fully saturated rings. The number of anilines is 2. The molecule has 1 N–H and O–H groups in total. The van der Waals surface area contributed by atoms with E-state index in [-0.39, 0.29) is 10.6 Å². The summed E-state index contributed by atoms with van der Waals surface area (Å²) in [6.45, 7) is 4.63. The third kappa shape index (κ3) is 4.00. The minimum absolute atomic E-state index is 0.102. The van der Waals surface area contributed by atoms with Crippen LogP contribution in [0.1, 0.15) is 19.8 Å². The van der Waals surface area contributed by atoms with E-state index in [2.05, 4.69) is 22.1 Å². The van der Waals surface area contributed by atoms with Gasteiger partial charge in [0.1, 0.15) is 11.6 Å². The van der Waals surface area contributed by atoms with Crippen LogP contribution < -0.4 is 10.2 Å². The van der Waals surface area contributed by atoms with Gasteiger partial charge in [-0.3, -0.25) is 10.1 Å². The van der Waals surface area contributed by atoms with Crippen LogP contribution >= 0.6 is 11.8 Å². The summed E-state index contributed by atoms with van der Waals surface area (Å²) < 4.78 is 0. The first-order valence-corrected chi connectivity index (χ1v) is 8.09. The summed E-state index contributed by atoms with van der Waals surface area (Å²) in [4.78, 5) is 17.4.